The predicted molar refractivity (Wildman–Crippen MR) is 46.3 cm³/mol. The van der Waals surface area contributed by atoms with Crippen molar-refractivity contribution >= 4 is 28.1 Å². The number of hydrogen-bond donors (Lipinski definition) is 1. The highest BCUT2D eigenvalue weighted by Crippen LogP contribution is 2.05. The molecule has 0 aromatic carbocycles. The van der Waals surface area contributed by atoms with E-state index in [9.17, 15) is 4.79 Å². The van der Waals surface area contributed by atoms with Gasteiger partial charge >= 0.3 is 0 Å². The fourth-order valence-electron chi connectivity index (χ4n) is 0.817. The maximum atomic E-state index is 11.1. The van der Waals surface area contributed by atoms with E-state index < -0.39 is 0 Å². The van der Waals surface area contributed by atoms with Gasteiger partial charge in [0.15, 0.2) is 5.52 Å². The molecule has 0 fully saturated rings. The largest absolute Gasteiger partial charge is 0.310 e. The zero-order valence-corrected chi connectivity index (χ0v) is 7.44. The Morgan fingerprint density at radius 1 is 1.55 bits per heavy atom. The SMILES string of the molecule is O=c1[nH]cnn2ncc(I)c12. The van der Waals surface area contributed by atoms with Gasteiger partial charge in [-0.1, -0.05) is 0 Å². The van der Waals surface area contributed by atoms with Gasteiger partial charge in [-0.2, -0.15) is 5.10 Å². The topological polar surface area (TPSA) is 63.0 Å². The summed E-state index contributed by atoms with van der Waals surface area (Å²) in [4.78, 5) is 13.6. The molecule has 2 aromatic heterocycles. The van der Waals surface area contributed by atoms with Crippen molar-refractivity contribution in [2.75, 3.05) is 0 Å². The van der Waals surface area contributed by atoms with Crippen LogP contribution in [0.15, 0.2) is 17.3 Å². The second-order valence-electron chi connectivity index (χ2n) is 1.95. The Kier molecular flexibility index (Phi) is 1.41. The Morgan fingerprint density at radius 3 is 3.09 bits per heavy atom. The van der Waals surface area contributed by atoms with Crippen LogP contribution in [0.4, 0.5) is 0 Å². The van der Waals surface area contributed by atoms with E-state index in [1.165, 1.54) is 11.0 Å². The number of fused-ring (bicyclic) bond motifs is 1. The molecule has 0 radical (unpaired) electrons. The summed E-state index contributed by atoms with van der Waals surface area (Å²) < 4.78 is 2.11. The Hall–Kier alpha value is -0.920. The van der Waals surface area contributed by atoms with E-state index in [2.05, 4.69) is 15.2 Å². The lowest BCUT2D eigenvalue weighted by atomic mass is 10.5. The first-order chi connectivity index (χ1) is 5.29. The maximum absolute atomic E-state index is 11.1. The van der Waals surface area contributed by atoms with Gasteiger partial charge in [-0.3, -0.25) is 4.79 Å². The van der Waals surface area contributed by atoms with Crippen LogP contribution < -0.4 is 5.56 Å². The summed E-state index contributed by atoms with van der Waals surface area (Å²) in [6.07, 6.45) is 2.91. The molecule has 2 heterocycles. The van der Waals surface area contributed by atoms with Crippen molar-refractivity contribution in [2.45, 2.75) is 0 Å². The van der Waals surface area contributed by atoms with Crippen LogP contribution in [0, 0.1) is 3.57 Å². The summed E-state index contributed by atoms with van der Waals surface area (Å²) in [6.45, 7) is 0. The number of nitrogens with one attached hydrogen (secondary N) is 1. The molecule has 0 unspecified atom stereocenters. The molecule has 2 aromatic rings. The summed E-state index contributed by atoms with van der Waals surface area (Å²) in [5.41, 5.74) is 0.329. The molecule has 56 valence electrons. The fraction of sp³-hybridized carbons (Fsp3) is 0. The van der Waals surface area contributed by atoms with Crippen LogP contribution in [-0.2, 0) is 0 Å². The lowest BCUT2D eigenvalue weighted by Crippen LogP contribution is -2.11. The average Bonchev–Trinajstić information content (AvgIpc) is 2.34. The highest BCUT2D eigenvalue weighted by Gasteiger charge is 2.03. The number of aromatic amines is 1. The van der Waals surface area contributed by atoms with E-state index in [0.29, 0.717) is 5.52 Å². The monoisotopic (exact) mass is 262 g/mol. The van der Waals surface area contributed by atoms with Crippen molar-refractivity contribution in [1.82, 2.24) is 19.8 Å². The molecular formula is C5H3IN4O. The van der Waals surface area contributed by atoms with Crippen LogP contribution in [0.5, 0.6) is 0 Å². The quantitative estimate of drug-likeness (QED) is 0.681. The van der Waals surface area contributed by atoms with Crippen molar-refractivity contribution in [3.63, 3.8) is 0 Å². The maximum Gasteiger partial charge on any atom is 0.278 e. The molecule has 6 heteroatoms. The molecule has 5 nitrogen and oxygen atoms in total. The molecule has 0 spiro atoms. The van der Waals surface area contributed by atoms with E-state index in [-0.39, 0.29) is 5.56 Å². The number of H-pyrrole nitrogens is 1. The first kappa shape index (κ1) is 6.77. The first-order valence-corrected chi connectivity index (χ1v) is 3.94. The van der Waals surface area contributed by atoms with Gasteiger partial charge < -0.3 is 4.98 Å². The van der Waals surface area contributed by atoms with Crippen LogP contribution in [0.1, 0.15) is 0 Å². The summed E-state index contributed by atoms with van der Waals surface area (Å²) in [5, 5.41) is 7.67. The third-order valence-corrected chi connectivity index (χ3v) is 2.07. The van der Waals surface area contributed by atoms with E-state index >= 15 is 0 Å². The number of hydrogen-bond acceptors (Lipinski definition) is 3. The zero-order chi connectivity index (χ0) is 7.84. The number of aromatic nitrogens is 4. The molecular weight excluding hydrogens is 259 g/mol. The predicted octanol–water partition coefficient (Wildman–Crippen LogP) is 0.0222. The second kappa shape index (κ2) is 2.29. The van der Waals surface area contributed by atoms with E-state index in [0.717, 1.165) is 3.57 Å². The molecule has 0 bridgehead atoms. The molecule has 0 amide bonds. The van der Waals surface area contributed by atoms with Crippen molar-refractivity contribution in [3.8, 4) is 0 Å². The van der Waals surface area contributed by atoms with Crippen LogP contribution in [0.2, 0.25) is 0 Å². The molecule has 0 aliphatic carbocycles. The third kappa shape index (κ3) is 0.934. The molecule has 0 atom stereocenters. The van der Waals surface area contributed by atoms with Gasteiger partial charge in [0.2, 0.25) is 0 Å². The van der Waals surface area contributed by atoms with Crippen LogP contribution >= 0.6 is 22.6 Å². The number of rotatable bonds is 0. The normalized spacial score (nSPS) is 10.6. The van der Waals surface area contributed by atoms with Gasteiger partial charge in [-0.05, 0) is 22.6 Å². The minimum atomic E-state index is -0.165. The van der Waals surface area contributed by atoms with Gasteiger partial charge in [-0.25, -0.2) is 0 Å². The summed E-state index contributed by atoms with van der Waals surface area (Å²) >= 11 is 2.04. The van der Waals surface area contributed by atoms with E-state index in [4.69, 9.17) is 0 Å². The van der Waals surface area contributed by atoms with Crippen molar-refractivity contribution < 1.29 is 0 Å². The Morgan fingerprint density at radius 2 is 2.36 bits per heavy atom. The van der Waals surface area contributed by atoms with Crippen LogP contribution in [0.25, 0.3) is 5.52 Å². The highest BCUT2D eigenvalue weighted by atomic mass is 127. The first-order valence-electron chi connectivity index (χ1n) is 2.86. The molecule has 0 aliphatic rings. The van der Waals surface area contributed by atoms with Gasteiger partial charge in [0.05, 0.1) is 9.77 Å². The van der Waals surface area contributed by atoms with E-state index in [1.54, 1.807) is 6.20 Å². The summed E-state index contributed by atoms with van der Waals surface area (Å²) in [5.74, 6) is 0. The van der Waals surface area contributed by atoms with Crippen molar-refractivity contribution in [3.05, 3.63) is 26.4 Å². The molecule has 11 heavy (non-hydrogen) atoms. The zero-order valence-electron chi connectivity index (χ0n) is 5.28. The average molecular weight is 262 g/mol. The van der Waals surface area contributed by atoms with Gasteiger partial charge in [-0.15, -0.1) is 9.73 Å². The Labute approximate surface area is 74.6 Å². The van der Waals surface area contributed by atoms with Gasteiger partial charge in [0.1, 0.15) is 6.33 Å². The molecule has 2 rings (SSSR count). The Balaban J connectivity index is 3.08. The number of halogens is 1. The van der Waals surface area contributed by atoms with Crippen LogP contribution in [0.3, 0.4) is 0 Å². The summed E-state index contributed by atoms with van der Waals surface area (Å²) in [7, 11) is 0. The van der Waals surface area contributed by atoms with Gasteiger partial charge in [0.25, 0.3) is 5.56 Å². The summed E-state index contributed by atoms with van der Waals surface area (Å²) in [6, 6.07) is 0. The third-order valence-electron chi connectivity index (χ3n) is 1.28. The minimum Gasteiger partial charge on any atom is -0.310 e. The molecule has 0 aliphatic heterocycles. The van der Waals surface area contributed by atoms with E-state index in [1.807, 2.05) is 22.6 Å². The van der Waals surface area contributed by atoms with Crippen LogP contribution in [-0.4, -0.2) is 19.8 Å². The molecule has 1 N–H and O–H groups in total. The van der Waals surface area contributed by atoms with Crippen molar-refractivity contribution in [1.29, 1.82) is 0 Å². The number of nitrogens with zero attached hydrogens (tertiary/aromatic N) is 3. The lowest BCUT2D eigenvalue weighted by Gasteiger charge is -1.87. The highest BCUT2D eigenvalue weighted by molar-refractivity contribution is 14.1. The molecule has 0 saturated carbocycles. The molecule has 0 saturated heterocycles. The lowest BCUT2D eigenvalue weighted by molar-refractivity contribution is 0.773. The smallest absolute Gasteiger partial charge is 0.278 e. The van der Waals surface area contributed by atoms with Crippen molar-refractivity contribution in [2.24, 2.45) is 0 Å². The Bertz CT molecular complexity index is 445. The fourth-order valence-corrected chi connectivity index (χ4v) is 1.40. The van der Waals surface area contributed by atoms with Gasteiger partial charge in [0, 0.05) is 0 Å². The minimum absolute atomic E-state index is 0.165. The second-order valence-corrected chi connectivity index (χ2v) is 3.11. The standard InChI is InChI=1S/C5H3IN4O/c6-3-1-8-10-4(3)5(11)7-2-9-10/h1-2H,(H,7,9,11).